The number of hydrogen-bond donors (Lipinski definition) is 1. The number of benzene rings is 1. The van der Waals surface area contributed by atoms with Gasteiger partial charge in [0.1, 0.15) is 12.1 Å². The Morgan fingerprint density at radius 2 is 2.39 bits per heavy atom. The number of nitrogens with zero attached hydrogens (tertiary/aromatic N) is 4. The first-order valence-corrected chi connectivity index (χ1v) is 5.32. The van der Waals surface area contributed by atoms with Gasteiger partial charge in [-0.05, 0) is 29.5 Å². The van der Waals surface area contributed by atoms with Crippen LogP contribution < -0.4 is 10.1 Å². The number of nitrogens with one attached hydrogen (secondary N) is 1. The molecule has 0 aliphatic carbocycles. The van der Waals surface area contributed by atoms with Gasteiger partial charge in [-0.1, -0.05) is 6.07 Å². The van der Waals surface area contributed by atoms with Crippen molar-refractivity contribution in [3.05, 3.63) is 37.5 Å². The molecule has 1 radical (unpaired) electrons. The molecule has 0 aliphatic heterocycles. The Morgan fingerprint density at radius 3 is 3.11 bits per heavy atom. The van der Waals surface area contributed by atoms with Crippen molar-refractivity contribution in [2.24, 2.45) is 0 Å². The molecular formula is C11H12N5O2. The van der Waals surface area contributed by atoms with Crippen LogP contribution in [0, 0.1) is 6.92 Å². The number of ether oxygens (including phenoxy) is 1. The average molecular weight is 246 g/mol. The highest BCUT2D eigenvalue weighted by molar-refractivity contribution is 5.77. The standard InChI is InChI=1S/C11H12N5O2/c1-2-12-11(17)7-18-10-5-3-4-9(6-10)16-8-13-14-15-16/h3-6,8H,1-2,7H2,(H,12,17). The monoisotopic (exact) mass is 246 g/mol. The third-order valence-corrected chi connectivity index (χ3v) is 2.12. The lowest BCUT2D eigenvalue weighted by Crippen LogP contribution is -2.28. The van der Waals surface area contributed by atoms with Crippen LogP contribution in [0.25, 0.3) is 5.69 Å². The second-order valence-electron chi connectivity index (χ2n) is 3.39. The third kappa shape index (κ3) is 3.03. The molecular weight excluding hydrogens is 234 g/mol. The zero-order chi connectivity index (χ0) is 12.8. The summed E-state index contributed by atoms with van der Waals surface area (Å²) in [4.78, 5) is 11.2. The summed E-state index contributed by atoms with van der Waals surface area (Å²) in [6, 6.07) is 7.13. The summed E-state index contributed by atoms with van der Waals surface area (Å²) in [6.07, 6.45) is 1.48. The summed E-state index contributed by atoms with van der Waals surface area (Å²) in [5.74, 6) is 0.361. The molecule has 1 aromatic heterocycles. The van der Waals surface area contributed by atoms with Gasteiger partial charge in [0.15, 0.2) is 6.61 Å². The van der Waals surface area contributed by atoms with Crippen LogP contribution in [0.5, 0.6) is 5.75 Å². The Kier molecular flexibility index (Phi) is 3.85. The molecule has 7 nitrogen and oxygen atoms in total. The van der Waals surface area contributed by atoms with Gasteiger partial charge in [0.05, 0.1) is 5.69 Å². The number of carbonyl (C=O) groups is 1. The van der Waals surface area contributed by atoms with Crippen molar-refractivity contribution in [1.82, 2.24) is 25.5 Å². The van der Waals surface area contributed by atoms with Crippen molar-refractivity contribution in [2.45, 2.75) is 0 Å². The molecule has 0 aliphatic rings. The van der Waals surface area contributed by atoms with Crippen molar-refractivity contribution >= 4 is 5.91 Å². The number of rotatable bonds is 5. The van der Waals surface area contributed by atoms with E-state index in [0.29, 0.717) is 12.3 Å². The topological polar surface area (TPSA) is 81.9 Å². The molecule has 7 heteroatoms. The smallest absolute Gasteiger partial charge is 0.257 e. The van der Waals surface area contributed by atoms with E-state index in [-0.39, 0.29) is 12.5 Å². The lowest BCUT2D eigenvalue weighted by atomic mass is 10.3. The van der Waals surface area contributed by atoms with Gasteiger partial charge in [0, 0.05) is 12.6 Å². The molecule has 1 aromatic carbocycles. The number of amides is 1. The lowest BCUT2D eigenvalue weighted by molar-refractivity contribution is -0.122. The van der Waals surface area contributed by atoms with Crippen molar-refractivity contribution in [2.75, 3.05) is 13.2 Å². The van der Waals surface area contributed by atoms with E-state index < -0.39 is 0 Å². The summed E-state index contributed by atoms with van der Waals surface area (Å²) in [5, 5.41) is 13.4. The molecule has 93 valence electrons. The fourth-order valence-corrected chi connectivity index (χ4v) is 1.33. The SMILES string of the molecule is [CH2]CNC(=O)COc1cccc(-n2cnnn2)c1. The van der Waals surface area contributed by atoms with Crippen LogP contribution in [0.4, 0.5) is 0 Å². The van der Waals surface area contributed by atoms with Gasteiger partial charge in [-0.15, -0.1) is 5.10 Å². The van der Waals surface area contributed by atoms with Crippen molar-refractivity contribution < 1.29 is 9.53 Å². The molecule has 0 unspecified atom stereocenters. The third-order valence-electron chi connectivity index (χ3n) is 2.12. The number of carbonyl (C=O) groups excluding carboxylic acids is 1. The van der Waals surface area contributed by atoms with E-state index in [0.717, 1.165) is 5.69 Å². The lowest BCUT2D eigenvalue weighted by Gasteiger charge is -2.07. The molecule has 2 rings (SSSR count). The number of hydrogen-bond acceptors (Lipinski definition) is 5. The van der Waals surface area contributed by atoms with Crippen molar-refractivity contribution in [3.63, 3.8) is 0 Å². The predicted octanol–water partition coefficient (Wildman–Crippen LogP) is -0.00861. The van der Waals surface area contributed by atoms with Gasteiger partial charge >= 0.3 is 0 Å². The maximum atomic E-state index is 11.2. The van der Waals surface area contributed by atoms with E-state index in [2.05, 4.69) is 27.8 Å². The van der Waals surface area contributed by atoms with Crippen molar-refractivity contribution in [3.8, 4) is 11.4 Å². The van der Waals surface area contributed by atoms with Gasteiger partial charge < -0.3 is 10.1 Å². The molecule has 18 heavy (non-hydrogen) atoms. The minimum absolute atomic E-state index is 0.0470. The predicted molar refractivity (Wildman–Crippen MR) is 63.0 cm³/mol. The number of aromatic nitrogens is 4. The van der Waals surface area contributed by atoms with E-state index in [1.54, 1.807) is 18.2 Å². The Morgan fingerprint density at radius 1 is 1.50 bits per heavy atom. The average Bonchev–Trinajstić information content (AvgIpc) is 2.91. The minimum atomic E-state index is -0.210. The summed E-state index contributed by atoms with van der Waals surface area (Å²) in [5.41, 5.74) is 0.759. The zero-order valence-corrected chi connectivity index (χ0v) is 9.61. The van der Waals surface area contributed by atoms with Gasteiger partial charge in [-0.25, -0.2) is 4.68 Å². The largest absolute Gasteiger partial charge is 0.484 e. The first-order valence-electron chi connectivity index (χ1n) is 5.32. The fraction of sp³-hybridized carbons (Fsp3) is 0.182. The molecule has 1 amide bonds. The quantitative estimate of drug-likeness (QED) is 0.802. The molecule has 0 saturated heterocycles. The fourth-order valence-electron chi connectivity index (χ4n) is 1.33. The Labute approximate surface area is 104 Å². The minimum Gasteiger partial charge on any atom is -0.484 e. The summed E-state index contributed by atoms with van der Waals surface area (Å²) in [7, 11) is 0. The van der Waals surface area contributed by atoms with E-state index in [9.17, 15) is 4.79 Å². The Balaban J connectivity index is 2.02. The van der Waals surface area contributed by atoms with Crippen LogP contribution in [-0.2, 0) is 4.79 Å². The van der Waals surface area contributed by atoms with Crippen LogP contribution in [-0.4, -0.2) is 39.3 Å². The molecule has 1 heterocycles. The summed E-state index contributed by atoms with van der Waals surface area (Å²) < 4.78 is 6.84. The molecule has 0 saturated carbocycles. The molecule has 0 fully saturated rings. The molecule has 1 N–H and O–H groups in total. The maximum absolute atomic E-state index is 11.2. The zero-order valence-electron chi connectivity index (χ0n) is 9.61. The second-order valence-corrected chi connectivity index (χ2v) is 3.39. The first kappa shape index (κ1) is 12.0. The van der Waals surface area contributed by atoms with E-state index in [1.165, 1.54) is 11.0 Å². The summed E-state index contributed by atoms with van der Waals surface area (Å²) >= 11 is 0. The van der Waals surface area contributed by atoms with Crippen LogP contribution >= 0.6 is 0 Å². The highest BCUT2D eigenvalue weighted by atomic mass is 16.5. The maximum Gasteiger partial charge on any atom is 0.257 e. The molecule has 0 bridgehead atoms. The highest BCUT2D eigenvalue weighted by Gasteiger charge is 2.03. The van der Waals surface area contributed by atoms with Gasteiger partial charge in [-0.2, -0.15) is 0 Å². The normalized spacial score (nSPS) is 10.1. The van der Waals surface area contributed by atoms with E-state index in [1.807, 2.05) is 6.07 Å². The second kappa shape index (κ2) is 5.76. The Hall–Kier alpha value is -2.44. The summed E-state index contributed by atoms with van der Waals surface area (Å²) in [6.45, 7) is 3.81. The van der Waals surface area contributed by atoms with Crippen LogP contribution in [0.15, 0.2) is 30.6 Å². The van der Waals surface area contributed by atoms with Crippen LogP contribution in [0.3, 0.4) is 0 Å². The Bertz CT molecular complexity index is 512. The van der Waals surface area contributed by atoms with E-state index in [4.69, 9.17) is 4.74 Å². The van der Waals surface area contributed by atoms with Gasteiger partial charge in [0.2, 0.25) is 0 Å². The molecule has 0 atom stereocenters. The van der Waals surface area contributed by atoms with Crippen LogP contribution in [0.1, 0.15) is 0 Å². The van der Waals surface area contributed by atoms with Crippen LogP contribution in [0.2, 0.25) is 0 Å². The number of tetrazole rings is 1. The van der Waals surface area contributed by atoms with Gasteiger partial charge in [0.25, 0.3) is 5.91 Å². The highest BCUT2D eigenvalue weighted by Crippen LogP contribution is 2.15. The van der Waals surface area contributed by atoms with E-state index >= 15 is 0 Å². The molecule has 2 aromatic rings. The first-order chi connectivity index (χ1) is 8.79. The van der Waals surface area contributed by atoms with Gasteiger partial charge in [-0.3, -0.25) is 4.79 Å². The van der Waals surface area contributed by atoms with Crippen molar-refractivity contribution in [1.29, 1.82) is 0 Å². The molecule has 0 spiro atoms.